The average Bonchev–Trinajstić information content (AvgIpc) is 2.74. The second-order valence-electron chi connectivity index (χ2n) is 6.64. The fourth-order valence-corrected chi connectivity index (χ4v) is 3.35. The van der Waals surface area contributed by atoms with E-state index in [2.05, 4.69) is 9.97 Å². The van der Waals surface area contributed by atoms with Gasteiger partial charge < -0.3 is 5.11 Å². The Hall–Kier alpha value is -3.87. The molecule has 0 bridgehead atoms. The highest BCUT2D eigenvalue weighted by Gasteiger charge is 2.30. The van der Waals surface area contributed by atoms with Gasteiger partial charge in [0.1, 0.15) is 22.7 Å². The number of Topliss-reactive ketones (excluding diaryl/α,β-unsaturated/α-hetero) is 2. The third kappa shape index (κ3) is 3.38. The molecule has 29 heavy (non-hydrogen) atoms. The molecule has 0 atom stereocenters. The summed E-state index contributed by atoms with van der Waals surface area (Å²) in [6, 6.07) is 12.3. The van der Waals surface area contributed by atoms with E-state index in [4.69, 9.17) is 0 Å². The second kappa shape index (κ2) is 7.63. The third-order valence-corrected chi connectivity index (χ3v) is 4.75. The number of hydrogen-bond donors (Lipinski definition) is 1. The number of para-hydroxylation sites is 1. The maximum atomic E-state index is 13.3. The Morgan fingerprint density at radius 2 is 1.79 bits per heavy atom. The van der Waals surface area contributed by atoms with Crippen LogP contribution in [0.25, 0.3) is 17.1 Å². The van der Waals surface area contributed by atoms with E-state index in [0.29, 0.717) is 23.5 Å². The fraction of sp³-hybridized carbons (Fsp3) is 0.136. The monoisotopic (exact) mass is 387 g/mol. The lowest BCUT2D eigenvalue weighted by atomic mass is 9.91. The lowest BCUT2D eigenvalue weighted by Crippen LogP contribution is -2.30. The molecule has 3 aromatic rings. The first-order valence-electron chi connectivity index (χ1n) is 9.16. The zero-order valence-electron chi connectivity index (χ0n) is 15.4. The number of nitrogens with zero attached hydrogens (tertiary/aromatic N) is 3. The molecule has 7 heteroatoms. The van der Waals surface area contributed by atoms with E-state index in [1.165, 1.54) is 4.57 Å². The number of carbonyl (C=O) groups is 2. The van der Waals surface area contributed by atoms with Crippen LogP contribution in [0.4, 0.5) is 0 Å². The van der Waals surface area contributed by atoms with Crippen LogP contribution in [0.1, 0.15) is 29.6 Å². The van der Waals surface area contributed by atoms with E-state index in [9.17, 15) is 19.5 Å². The number of aliphatic hydroxyl groups is 1. The van der Waals surface area contributed by atoms with Crippen LogP contribution in [0.2, 0.25) is 0 Å². The molecular formula is C22H17N3O4. The number of carbonyl (C=O) groups excluding carboxylic acids is 2. The van der Waals surface area contributed by atoms with Gasteiger partial charge in [-0.1, -0.05) is 18.2 Å². The van der Waals surface area contributed by atoms with Gasteiger partial charge in [-0.15, -0.1) is 0 Å². The predicted molar refractivity (Wildman–Crippen MR) is 106 cm³/mol. The molecule has 7 nitrogen and oxygen atoms in total. The number of allylic oxidation sites excluding steroid dienone is 2. The van der Waals surface area contributed by atoms with Crippen molar-refractivity contribution in [2.24, 2.45) is 0 Å². The SMILES string of the molecule is O=C1CCCC(O)=C1C(=O)c1cnc(-c2cccnc2)n(-c2ccccc2)c1=O. The highest BCUT2D eigenvalue weighted by Crippen LogP contribution is 2.24. The average molecular weight is 387 g/mol. The summed E-state index contributed by atoms with van der Waals surface area (Å²) >= 11 is 0. The molecule has 1 N–H and O–H groups in total. The van der Waals surface area contributed by atoms with Crippen molar-refractivity contribution in [3.05, 3.63) is 88.3 Å². The Balaban J connectivity index is 1.94. The van der Waals surface area contributed by atoms with Gasteiger partial charge in [0, 0.05) is 37.0 Å². The molecule has 4 rings (SSSR count). The topological polar surface area (TPSA) is 102 Å². The molecular weight excluding hydrogens is 370 g/mol. The summed E-state index contributed by atoms with van der Waals surface area (Å²) in [4.78, 5) is 46.9. The Labute approximate surface area is 166 Å². The summed E-state index contributed by atoms with van der Waals surface area (Å²) in [5.74, 6) is -1.21. The van der Waals surface area contributed by atoms with Crippen molar-refractivity contribution in [1.82, 2.24) is 14.5 Å². The molecule has 0 spiro atoms. The molecule has 2 heterocycles. The van der Waals surface area contributed by atoms with Crippen LogP contribution in [0, 0.1) is 0 Å². The molecule has 1 aliphatic rings. The van der Waals surface area contributed by atoms with Crippen molar-refractivity contribution in [3.63, 3.8) is 0 Å². The summed E-state index contributed by atoms with van der Waals surface area (Å²) in [7, 11) is 0. The zero-order chi connectivity index (χ0) is 20.4. The van der Waals surface area contributed by atoms with Crippen LogP contribution >= 0.6 is 0 Å². The summed E-state index contributed by atoms with van der Waals surface area (Å²) in [5.41, 5.74) is -0.0779. The number of hydrogen-bond acceptors (Lipinski definition) is 6. The minimum atomic E-state index is -0.799. The Morgan fingerprint density at radius 3 is 2.48 bits per heavy atom. The lowest BCUT2D eigenvalue weighted by Gasteiger charge is -2.16. The molecule has 144 valence electrons. The van der Waals surface area contributed by atoms with Gasteiger partial charge in [0.2, 0.25) is 5.78 Å². The molecule has 0 saturated carbocycles. The van der Waals surface area contributed by atoms with Crippen molar-refractivity contribution in [2.45, 2.75) is 19.3 Å². The van der Waals surface area contributed by atoms with Crippen molar-refractivity contribution in [1.29, 1.82) is 0 Å². The zero-order valence-corrected chi connectivity index (χ0v) is 15.4. The van der Waals surface area contributed by atoms with Gasteiger partial charge in [-0.2, -0.15) is 0 Å². The minimum absolute atomic E-state index is 0.166. The van der Waals surface area contributed by atoms with E-state index in [1.54, 1.807) is 48.8 Å². The van der Waals surface area contributed by atoms with Crippen molar-refractivity contribution in [3.8, 4) is 17.1 Å². The maximum absolute atomic E-state index is 13.3. The van der Waals surface area contributed by atoms with Crippen molar-refractivity contribution >= 4 is 11.6 Å². The number of pyridine rings is 1. The molecule has 0 amide bonds. The predicted octanol–water partition coefficient (Wildman–Crippen LogP) is 3.04. The standard InChI is InChI=1S/C22H17N3O4/c26-17-9-4-10-18(27)19(17)20(28)16-13-24-21(14-6-5-11-23-12-14)25(22(16)29)15-7-2-1-3-8-15/h1-3,5-8,11-13,26H,4,9-10H2. The first-order valence-corrected chi connectivity index (χ1v) is 9.16. The molecule has 0 fully saturated rings. The quantitative estimate of drug-likeness (QED) is 0.545. The van der Waals surface area contributed by atoms with Crippen LogP contribution < -0.4 is 5.56 Å². The number of benzene rings is 1. The first kappa shape index (κ1) is 18.5. The summed E-state index contributed by atoms with van der Waals surface area (Å²) in [5, 5.41) is 10.1. The van der Waals surface area contributed by atoms with Crippen LogP contribution in [-0.4, -0.2) is 31.2 Å². The smallest absolute Gasteiger partial charge is 0.269 e. The molecule has 0 unspecified atom stereocenters. The molecule has 2 aromatic heterocycles. The van der Waals surface area contributed by atoms with E-state index in [1.807, 2.05) is 6.07 Å². The number of rotatable bonds is 4. The first-order chi connectivity index (χ1) is 14.1. The summed E-state index contributed by atoms with van der Waals surface area (Å²) < 4.78 is 1.31. The van der Waals surface area contributed by atoms with Gasteiger partial charge in [-0.05, 0) is 30.7 Å². The van der Waals surface area contributed by atoms with E-state index in [-0.39, 0.29) is 29.7 Å². The van der Waals surface area contributed by atoms with Crippen LogP contribution in [0.15, 0.2) is 77.2 Å². The summed E-state index contributed by atoms with van der Waals surface area (Å²) in [6.45, 7) is 0. The van der Waals surface area contributed by atoms with Gasteiger partial charge in [0.05, 0.1) is 5.69 Å². The Morgan fingerprint density at radius 1 is 1.00 bits per heavy atom. The van der Waals surface area contributed by atoms with Crippen molar-refractivity contribution < 1.29 is 14.7 Å². The highest BCUT2D eigenvalue weighted by atomic mass is 16.3. The molecule has 0 aliphatic heterocycles. The number of aromatic nitrogens is 3. The summed E-state index contributed by atoms with van der Waals surface area (Å²) in [6.07, 6.45) is 5.22. The third-order valence-electron chi connectivity index (χ3n) is 4.75. The van der Waals surface area contributed by atoms with Crippen LogP contribution in [0.5, 0.6) is 0 Å². The Bertz CT molecular complexity index is 1180. The maximum Gasteiger partial charge on any atom is 0.269 e. The van der Waals surface area contributed by atoms with E-state index >= 15 is 0 Å². The van der Waals surface area contributed by atoms with Gasteiger partial charge in [0.25, 0.3) is 5.56 Å². The molecule has 1 aromatic carbocycles. The van der Waals surface area contributed by atoms with Gasteiger partial charge >= 0.3 is 0 Å². The van der Waals surface area contributed by atoms with Gasteiger partial charge in [-0.25, -0.2) is 4.98 Å². The number of ketones is 2. The normalized spacial score (nSPS) is 14.1. The Kier molecular flexibility index (Phi) is 4.87. The largest absolute Gasteiger partial charge is 0.511 e. The van der Waals surface area contributed by atoms with E-state index in [0.717, 1.165) is 6.20 Å². The molecule has 1 aliphatic carbocycles. The van der Waals surface area contributed by atoms with Gasteiger partial charge in [0.15, 0.2) is 5.78 Å². The number of aliphatic hydroxyl groups excluding tert-OH is 1. The lowest BCUT2D eigenvalue weighted by molar-refractivity contribution is -0.116. The van der Waals surface area contributed by atoms with Gasteiger partial charge in [-0.3, -0.25) is 23.9 Å². The fourth-order valence-electron chi connectivity index (χ4n) is 3.35. The molecule has 0 saturated heterocycles. The molecule has 0 radical (unpaired) electrons. The minimum Gasteiger partial charge on any atom is -0.511 e. The highest BCUT2D eigenvalue weighted by molar-refractivity contribution is 6.26. The van der Waals surface area contributed by atoms with Crippen LogP contribution in [-0.2, 0) is 4.79 Å². The van der Waals surface area contributed by atoms with Crippen molar-refractivity contribution in [2.75, 3.05) is 0 Å². The van der Waals surface area contributed by atoms with Crippen LogP contribution in [0.3, 0.4) is 0 Å². The van der Waals surface area contributed by atoms with E-state index < -0.39 is 17.1 Å². The second-order valence-corrected chi connectivity index (χ2v) is 6.64.